The van der Waals surface area contributed by atoms with Crippen LogP contribution in [-0.4, -0.2) is 42.9 Å². The molecule has 0 unspecified atom stereocenters. The van der Waals surface area contributed by atoms with Crippen molar-refractivity contribution in [2.75, 3.05) is 13.1 Å². The summed E-state index contributed by atoms with van der Waals surface area (Å²) in [5, 5.41) is 13.4. The van der Waals surface area contributed by atoms with Crippen molar-refractivity contribution in [3.05, 3.63) is 59.3 Å². The Balaban J connectivity index is 1.05. The molecule has 0 amide bonds. The monoisotopic (exact) mass is 418 g/mol. The fourth-order valence-electron chi connectivity index (χ4n) is 5.58. The maximum Gasteiger partial charge on any atom is 0.240 e. The summed E-state index contributed by atoms with van der Waals surface area (Å²) in [7, 11) is 0. The largest absolute Gasteiger partial charge is 0.338 e. The minimum absolute atomic E-state index is 0.444. The van der Waals surface area contributed by atoms with E-state index in [0.717, 1.165) is 50.7 Å². The summed E-state index contributed by atoms with van der Waals surface area (Å²) in [6.07, 6.45) is 9.38. The van der Waals surface area contributed by atoms with Gasteiger partial charge in [-0.05, 0) is 56.2 Å². The van der Waals surface area contributed by atoms with Gasteiger partial charge in [0.25, 0.3) is 0 Å². The second kappa shape index (κ2) is 7.86. The quantitative estimate of drug-likeness (QED) is 0.628. The highest BCUT2D eigenvalue weighted by atomic mass is 16.5. The predicted molar refractivity (Wildman–Crippen MR) is 115 cm³/mol. The van der Waals surface area contributed by atoms with Crippen molar-refractivity contribution in [1.29, 1.82) is 0 Å². The molecule has 3 aromatic rings. The predicted octanol–water partition coefficient (Wildman–Crippen LogP) is 3.75. The molecular formula is C24H30N6O. The number of benzene rings is 1. The Morgan fingerprint density at radius 3 is 2.74 bits per heavy atom. The van der Waals surface area contributed by atoms with E-state index in [0.29, 0.717) is 11.3 Å². The Labute approximate surface area is 182 Å². The van der Waals surface area contributed by atoms with Gasteiger partial charge in [0.1, 0.15) is 11.6 Å². The molecule has 1 saturated carbocycles. The summed E-state index contributed by atoms with van der Waals surface area (Å²) >= 11 is 0. The van der Waals surface area contributed by atoms with Crippen LogP contribution in [-0.2, 0) is 25.9 Å². The van der Waals surface area contributed by atoms with E-state index in [9.17, 15) is 0 Å². The number of aromatic nitrogens is 5. The second-order valence-corrected chi connectivity index (χ2v) is 9.60. The molecule has 1 aliphatic carbocycles. The number of hydrogen-bond acceptors (Lipinski definition) is 6. The maximum atomic E-state index is 5.54. The molecule has 1 saturated heterocycles. The molecule has 6 rings (SSSR count). The molecule has 31 heavy (non-hydrogen) atoms. The molecule has 1 spiro atoms. The lowest BCUT2D eigenvalue weighted by Gasteiger charge is -2.31. The Hall–Kier alpha value is -2.54. The topological polar surface area (TPSA) is 72.9 Å². The van der Waals surface area contributed by atoms with Crippen molar-refractivity contribution in [3.63, 3.8) is 0 Å². The van der Waals surface area contributed by atoms with Crippen LogP contribution in [0.1, 0.15) is 73.4 Å². The van der Waals surface area contributed by atoms with E-state index in [-0.39, 0.29) is 0 Å². The van der Waals surface area contributed by atoms with E-state index in [1.807, 2.05) is 18.2 Å². The average Bonchev–Trinajstić information content (AvgIpc) is 3.19. The van der Waals surface area contributed by atoms with Crippen LogP contribution >= 0.6 is 0 Å². The molecule has 2 fully saturated rings. The molecule has 7 nitrogen and oxygen atoms in total. The van der Waals surface area contributed by atoms with Crippen molar-refractivity contribution in [3.8, 4) is 0 Å². The third-order valence-electron chi connectivity index (χ3n) is 7.57. The van der Waals surface area contributed by atoms with Gasteiger partial charge >= 0.3 is 0 Å². The van der Waals surface area contributed by atoms with Crippen LogP contribution in [0, 0.1) is 5.41 Å². The number of rotatable bonds is 5. The Bertz CT molecular complexity index is 1030. The summed E-state index contributed by atoms with van der Waals surface area (Å²) in [5.74, 6) is 4.60. The van der Waals surface area contributed by atoms with Gasteiger partial charge in [0.05, 0.1) is 6.54 Å². The third-order valence-corrected chi connectivity index (χ3v) is 7.57. The smallest absolute Gasteiger partial charge is 0.240 e. The van der Waals surface area contributed by atoms with Gasteiger partial charge in [-0.2, -0.15) is 4.98 Å². The standard InChI is InChI=1S/C24H30N6O/c1-3-7-18(8-4-1)15-20-25-22(31-28-20)17-29-13-10-24(11-14-29)16-19(24)23-27-26-21-9-5-2-6-12-30(21)23/h1,3-4,7-8,19H,2,5-6,9-17H2/t19-/m0/s1. The Kier molecular flexibility index (Phi) is 4.86. The van der Waals surface area contributed by atoms with Crippen LogP contribution in [0.4, 0.5) is 0 Å². The second-order valence-electron chi connectivity index (χ2n) is 9.60. The number of piperidine rings is 1. The lowest BCUT2D eigenvalue weighted by atomic mass is 9.90. The normalized spacial score (nSPS) is 22.9. The first kappa shape index (κ1) is 19.2. The van der Waals surface area contributed by atoms with E-state index in [2.05, 4.69) is 41.9 Å². The first-order valence-corrected chi connectivity index (χ1v) is 11.8. The molecule has 4 heterocycles. The number of aryl methyl sites for hydroxylation is 1. The van der Waals surface area contributed by atoms with E-state index < -0.39 is 0 Å². The minimum atomic E-state index is 0.444. The molecule has 0 radical (unpaired) electrons. The molecule has 0 N–H and O–H groups in total. The number of nitrogens with zero attached hydrogens (tertiary/aromatic N) is 6. The van der Waals surface area contributed by atoms with E-state index in [1.54, 1.807) is 0 Å². The highest BCUT2D eigenvalue weighted by Crippen LogP contribution is 2.64. The number of likely N-dealkylation sites (tertiary alicyclic amines) is 1. The van der Waals surface area contributed by atoms with Gasteiger partial charge in [-0.1, -0.05) is 41.9 Å². The zero-order valence-corrected chi connectivity index (χ0v) is 18.0. The molecule has 162 valence electrons. The van der Waals surface area contributed by atoms with Crippen molar-refractivity contribution in [2.45, 2.75) is 70.4 Å². The summed E-state index contributed by atoms with van der Waals surface area (Å²) in [6.45, 7) is 4.05. The van der Waals surface area contributed by atoms with Crippen molar-refractivity contribution < 1.29 is 4.52 Å². The van der Waals surface area contributed by atoms with Crippen molar-refractivity contribution in [1.82, 2.24) is 29.8 Å². The van der Waals surface area contributed by atoms with Crippen LogP contribution in [0.5, 0.6) is 0 Å². The highest BCUT2D eigenvalue weighted by Gasteiger charge is 2.57. The van der Waals surface area contributed by atoms with Gasteiger partial charge in [0.2, 0.25) is 5.89 Å². The zero-order chi connectivity index (χ0) is 20.7. The van der Waals surface area contributed by atoms with Crippen LogP contribution in [0.2, 0.25) is 0 Å². The fraction of sp³-hybridized carbons (Fsp3) is 0.583. The van der Waals surface area contributed by atoms with Crippen LogP contribution in [0.3, 0.4) is 0 Å². The van der Waals surface area contributed by atoms with Gasteiger partial charge in [-0.3, -0.25) is 4.90 Å². The van der Waals surface area contributed by atoms with Crippen LogP contribution in [0.15, 0.2) is 34.9 Å². The molecule has 0 bridgehead atoms. The summed E-state index contributed by atoms with van der Waals surface area (Å²) < 4.78 is 7.99. The first-order valence-electron chi connectivity index (χ1n) is 11.8. The van der Waals surface area contributed by atoms with Gasteiger partial charge in [0, 0.05) is 25.3 Å². The van der Waals surface area contributed by atoms with Crippen LogP contribution < -0.4 is 0 Å². The maximum absolute atomic E-state index is 5.54. The van der Waals surface area contributed by atoms with Crippen LogP contribution in [0.25, 0.3) is 0 Å². The van der Waals surface area contributed by atoms with Gasteiger partial charge in [0.15, 0.2) is 5.82 Å². The minimum Gasteiger partial charge on any atom is -0.338 e. The highest BCUT2D eigenvalue weighted by molar-refractivity contribution is 5.21. The lowest BCUT2D eigenvalue weighted by molar-refractivity contribution is 0.145. The molecule has 3 aliphatic rings. The van der Waals surface area contributed by atoms with E-state index in [4.69, 9.17) is 4.52 Å². The number of hydrogen-bond donors (Lipinski definition) is 0. The summed E-state index contributed by atoms with van der Waals surface area (Å²) in [6, 6.07) is 10.3. The summed E-state index contributed by atoms with van der Waals surface area (Å²) in [5.41, 5.74) is 1.65. The average molecular weight is 419 g/mol. The van der Waals surface area contributed by atoms with E-state index >= 15 is 0 Å². The van der Waals surface area contributed by atoms with E-state index in [1.165, 1.54) is 55.7 Å². The van der Waals surface area contributed by atoms with Gasteiger partial charge < -0.3 is 9.09 Å². The third kappa shape index (κ3) is 3.80. The molecule has 1 atom stereocenters. The fourth-order valence-corrected chi connectivity index (χ4v) is 5.58. The molecule has 2 aliphatic heterocycles. The van der Waals surface area contributed by atoms with Crippen molar-refractivity contribution >= 4 is 0 Å². The lowest BCUT2D eigenvalue weighted by Crippen LogP contribution is -2.34. The van der Waals surface area contributed by atoms with Gasteiger partial charge in [-0.15, -0.1) is 10.2 Å². The molecule has 1 aromatic carbocycles. The molecule has 7 heteroatoms. The van der Waals surface area contributed by atoms with Crippen molar-refractivity contribution in [2.24, 2.45) is 5.41 Å². The SMILES string of the molecule is c1ccc(Cc2noc(CN3CCC4(CC3)C[C@H]4c3nnc4n3CCCCC4)n2)cc1. The van der Waals surface area contributed by atoms with Gasteiger partial charge in [-0.25, -0.2) is 0 Å². The molecule has 2 aromatic heterocycles. The first-order chi connectivity index (χ1) is 15.3. The molecular weight excluding hydrogens is 388 g/mol. The Morgan fingerprint density at radius 1 is 1.00 bits per heavy atom. The number of fused-ring (bicyclic) bond motifs is 1. The zero-order valence-electron chi connectivity index (χ0n) is 18.0. The summed E-state index contributed by atoms with van der Waals surface area (Å²) in [4.78, 5) is 7.09. The Morgan fingerprint density at radius 2 is 1.87 bits per heavy atom.